The molecular formula is C54H94N8O6. The largest absolute Gasteiger partial charge is 0.387 e. The third-order valence-electron chi connectivity index (χ3n) is 11.5. The average Bonchev–Trinajstić information content (AvgIpc) is 3.95. The van der Waals surface area contributed by atoms with Crippen LogP contribution < -0.4 is 21.3 Å². The van der Waals surface area contributed by atoms with E-state index in [1.807, 2.05) is 134 Å². The second-order valence-electron chi connectivity index (χ2n) is 17.9. The summed E-state index contributed by atoms with van der Waals surface area (Å²) in [5.74, 6) is -1.29. The highest BCUT2D eigenvalue weighted by atomic mass is 16.7. The average molecular weight is 951 g/mol. The molecule has 2 fully saturated rings. The maximum atomic E-state index is 15.3. The molecule has 2 heterocycles. The number of methoxy groups -OCH3 is 1. The van der Waals surface area contributed by atoms with Gasteiger partial charge >= 0.3 is 0 Å². The van der Waals surface area contributed by atoms with Gasteiger partial charge in [0.1, 0.15) is 12.1 Å². The molecule has 4 rings (SSSR count). The number of nitrogens with one attached hydrogen (secondary N) is 4. The molecule has 0 bridgehead atoms. The Bertz CT molecular complexity index is 1750. The van der Waals surface area contributed by atoms with Crippen molar-refractivity contribution in [3.63, 3.8) is 0 Å². The first kappa shape index (κ1) is 63.1. The topological polar surface area (TPSA) is 175 Å². The molecule has 386 valence electrons. The number of carbonyl (C=O) groups excluding carboxylic acids is 4. The summed E-state index contributed by atoms with van der Waals surface area (Å²) in [6, 6.07) is 6.63. The number of benzene rings is 1. The number of carbonyl (C=O) groups is 4. The second-order valence-corrected chi connectivity index (χ2v) is 17.9. The Kier molecular flexibility index (Phi) is 31.2. The molecule has 1 aliphatic carbocycles. The van der Waals surface area contributed by atoms with Gasteiger partial charge in [0, 0.05) is 37.9 Å². The van der Waals surface area contributed by atoms with Crippen molar-refractivity contribution in [1.82, 2.24) is 26.2 Å². The van der Waals surface area contributed by atoms with Gasteiger partial charge in [-0.3, -0.25) is 29.2 Å². The highest BCUT2D eigenvalue weighted by Crippen LogP contribution is 2.40. The molecule has 14 nitrogen and oxygen atoms in total. The van der Waals surface area contributed by atoms with Crippen molar-refractivity contribution in [2.24, 2.45) is 26.5 Å². The summed E-state index contributed by atoms with van der Waals surface area (Å²) < 4.78 is 5.68. The smallest absolute Gasteiger partial charge is 0.251 e. The molecule has 1 saturated heterocycles. The Morgan fingerprint density at radius 1 is 0.941 bits per heavy atom. The number of likely N-dealkylation sites (tertiary alicyclic amines) is 1. The van der Waals surface area contributed by atoms with Crippen LogP contribution in [0.1, 0.15) is 174 Å². The Morgan fingerprint density at radius 2 is 1.56 bits per heavy atom. The van der Waals surface area contributed by atoms with Crippen molar-refractivity contribution < 1.29 is 28.8 Å². The highest BCUT2D eigenvalue weighted by molar-refractivity contribution is 6.02. The molecule has 1 aromatic rings. The number of rotatable bonds is 20. The van der Waals surface area contributed by atoms with E-state index in [9.17, 15) is 14.4 Å². The van der Waals surface area contributed by atoms with Gasteiger partial charge < -0.3 is 35.7 Å². The zero-order valence-electron chi connectivity index (χ0n) is 45.2. The zero-order chi connectivity index (χ0) is 52.0. The predicted molar refractivity (Wildman–Crippen MR) is 283 cm³/mol. The van der Waals surface area contributed by atoms with Crippen molar-refractivity contribution in [2.75, 3.05) is 20.2 Å². The van der Waals surface area contributed by atoms with Crippen LogP contribution in [0.4, 0.5) is 0 Å². The van der Waals surface area contributed by atoms with Crippen LogP contribution >= 0.6 is 0 Å². The van der Waals surface area contributed by atoms with Crippen LogP contribution in [0.25, 0.3) is 0 Å². The Labute approximate surface area is 412 Å². The molecule has 2 aliphatic heterocycles. The van der Waals surface area contributed by atoms with Gasteiger partial charge in [-0.15, -0.1) is 0 Å². The van der Waals surface area contributed by atoms with Crippen molar-refractivity contribution in [1.29, 1.82) is 0 Å². The first-order chi connectivity index (χ1) is 32.6. The molecule has 0 radical (unpaired) electrons. The van der Waals surface area contributed by atoms with Crippen LogP contribution in [0, 0.1) is 11.3 Å². The maximum Gasteiger partial charge on any atom is 0.251 e. The molecule has 1 saturated carbocycles. The van der Waals surface area contributed by atoms with Crippen molar-refractivity contribution in [3.05, 3.63) is 59.9 Å². The minimum Gasteiger partial charge on any atom is -0.387 e. The lowest BCUT2D eigenvalue weighted by Crippen LogP contribution is -2.60. The second kappa shape index (κ2) is 33.6. The van der Waals surface area contributed by atoms with E-state index in [2.05, 4.69) is 49.7 Å². The molecule has 6 atom stereocenters. The minimum absolute atomic E-state index is 0.0849. The fraction of sp³-hybridized carbons (Fsp3) is 0.685. The third kappa shape index (κ3) is 19.3. The summed E-state index contributed by atoms with van der Waals surface area (Å²) in [6.45, 7) is 37.9. The third-order valence-corrected chi connectivity index (χ3v) is 11.5. The van der Waals surface area contributed by atoms with E-state index in [4.69, 9.17) is 9.57 Å². The van der Waals surface area contributed by atoms with Gasteiger partial charge in [0.15, 0.2) is 11.7 Å². The number of amides is 4. The van der Waals surface area contributed by atoms with Crippen LogP contribution in [-0.4, -0.2) is 109 Å². The lowest BCUT2D eigenvalue weighted by atomic mass is 9.81. The van der Waals surface area contributed by atoms with Crippen LogP contribution in [-0.2, 0) is 28.8 Å². The number of aliphatic imine (C=N–C) groups is 2. The standard InChI is InChI=1S/C46H70N8O6.4C2H6/c1-11-19-35(39(59-10)43(57)49-30(3)4)51-42(56)37-26-46(25-36(53-60-46)32-20-15-13-16-21-32)29-54(37)44(58)40(45(6,7)8)50-31(5)38(33-22-17-14-18-23-33)52-41(55)34(27-47-9)28-48-24-12-2;4*1-2/h13,15-16,20-21,24,27,30,33,35,37-40,50H,5,9,11-12,14,17-19,22-23,25-26,28-29H2,1-4,6-8,10H3,(H,49,57)(H,51,56)(H,52,55);4*1-2H3/b34-27+,48-24?;;;;/t35-,37-,38+,39?,40?,46+;;;;/m0..../s1. The first-order valence-electron chi connectivity index (χ1n) is 25.7. The van der Waals surface area contributed by atoms with E-state index in [1.165, 1.54) is 13.3 Å². The van der Waals surface area contributed by atoms with Gasteiger partial charge in [0.2, 0.25) is 11.8 Å². The molecule has 14 heteroatoms. The number of hydrogen-bond donors (Lipinski definition) is 4. The zero-order valence-corrected chi connectivity index (χ0v) is 45.2. The van der Waals surface area contributed by atoms with Crippen molar-refractivity contribution in [2.45, 2.75) is 210 Å². The summed E-state index contributed by atoms with van der Waals surface area (Å²) in [5.41, 5.74) is 0.892. The van der Waals surface area contributed by atoms with E-state index in [0.29, 0.717) is 30.5 Å². The van der Waals surface area contributed by atoms with Crippen LogP contribution in [0.5, 0.6) is 0 Å². The summed E-state index contributed by atoms with van der Waals surface area (Å²) in [7, 11) is 1.46. The Morgan fingerprint density at radius 3 is 2.09 bits per heavy atom. The van der Waals surface area contributed by atoms with Gasteiger partial charge in [-0.2, -0.15) is 0 Å². The van der Waals surface area contributed by atoms with E-state index in [1.54, 1.807) is 11.1 Å². The van der Waals surface area contributed by atoms with Crippen LogP contribution in [0.15, 0.2) is 69.5 Å². The van der Waals surface area contributed by atoms with Crippen molar-refractivity contribution >= 4 is 42.3 Å². The SMILES string of the molecule is C=N/C=C(\CN=CCC)C(=O)N[C@H](C(=C)NC(C(=O)N1C[C@@]2(CC(c3ccccc3)=NO2)C[C@H]1C(=O)N[C@@H](CCC)C(OC)C(=O)NC(C)C)C(C)(C)C)C1CCCCC1.CC.CC.CC.CC. The number of nitrogens with zero attached hydrogens (tertiary/aromatic N) is 4. The van der Waals surface area contributed by atoms with Gasteiger partial charge in [-0.25, -0.2) is 0 Å². The summed E-state index contributed by atoms with van der Waals surface area (Å²) in [4.78, 5) is 73.1. The fourth-order valence-corrected chi connectivity index (χ4v) is 8.48. The van der Waals surface area contributed by atoms with Gasteiger partial charge in [0.05, 0.1) is 36.5 Å². The lowest BCUT2D eigenvalue weighted by molar-refractivity contribution is -0.143. The Balaban J connectivity index is 0.00000532. The fourth-order valence-electron chi connectivity index (χ4n) is 8.48. The molecule has 2 unspecified atom stereocenters. The first-order valence-corrected chi connectivity index (χ1v) is 25.7. The van der Waals surface area contributed by atoms with Crippen molar-refractivity contribution in [3.8, 4) is 0 Å². The van der Waals surface area contributed by atoms with E-state index in [0.717, 1.165) is 49.8 Å². The Hall–Kier alpha value is -4.85. The molecule has 3 aliphatic rings. The van der Waals surface area contributed by atoms with E-state index >= 15 is 4.79 Å². The number of oxime groups is 1. The monoisotopic (exact) mass is 951 g/mol. The summed E-state index contributed by atoms with van der Waals surface area (Å²) in [5, 5.41) is 17.2. The molecule has 68 heavy (non-hydrogen) atoms. The van der Waals surface area contributed by atoms with Gasteiger partial charge in [-0.05, 0) is 69.4 Å². The van der Waals surface area contributed by atoms with E-state index < -0.39 is 47.2 Å². The van der Waals surface area contributed by atoms with Crippen LogP contribution in [0.3, 0.4) is 0 Å². The minimum atomic E-state index is -0.959. The molecule has 4 N–H and O–H groups in total. The molecule has 0 aromatic heterocycles. The quantitative estimate of drug-likeness (QED) is 0.0744. The van der Waals surface area contributed by atoms with Gasteiger partial charge in [-0.1, -0.05) is 158 Å². The lowest BCUT2D eigenvalue weighted by Gasteiger charge is -2.39. The number of ether oxygens (including phenoxy) is 1. The number of hydrogen-bond acceptors (Lipinski definition) is 10. The molecule has 1 spiro atoms. The predicted octanol–water partition coefficient (Wildman–Crippen LogP) is 9.73. The summed E-state index contributed by atoms with van der Waals surface area (Å²) >= 11 is 0. The molecular weight excluding hydrogens is 857 g/mol. The normalized spacial score (nSPS) is 19.6. The molecule has 4 amide bonds. The van der Waals surface area contributed by atoms with E-state index in [-0.39, 0.29) is 49.2 Å². The highest BCUT2D eigenvalue weighted by Gasteiger charge is 2.56. The van der Waals surface area contributed by atoms with Crippen LogP contribution in [0.2, 0.25) is 0 Å². The van der Waals surface area contributed by atoms with Gasteiger partial charge in [0.25, 0.3) is 11.8 Å². The molecule has 1 aromatic carbocycles. The summed E-state index contributed by atoms with van der Waals surface area (Å²) in [6.07, 6.45) is 9.65. The maximum absolute atomic E-state index is 15.3.